The van der Waals surface area contributed by atoms with E-state index in [1.165, 1.54) is 19.5 Å². The fourth-order valence-corrected chi connectivity index (χ4v) is 5.42. The minimum Gasteiger partial charge on any atom is -0.381 e. The Labute approximate surface area is 193 Å². The van der Waals surface area contributed by atoms with Gasteiger partial charge in [0.1, 0.15) is 17.2 Å². The molecular formula is C20H29ClN6O4S. The van der Waals surface area contributed by atoms with Gasteiger partial charge in [0.25, 0.3) is 0 Å². The van der Waals surface area contributed by atoms with Crippen molar-refractivity contribution in [3.05, 3.63) is 29.1 Å². The van der Waals surface area contributed by atoms with E-state index >= 15 is 0 Å². The van der Waals surface area contributed by atoms with Crippen LogP contribution in [0.4, 0.5) is 5.95 Å². The molecule has 2 aromatic heterocycles. The standard InChI is InChI=1S/C20H29ClN6O4S/c1-12(16(30-4)17-22-10-13(21)11-23-17)32(28,29)26-19-25-24-18(15-9-20(15,2)3)27(19)14-5-7-31-8-6-14/h10-12,14-16H,5-9H2,1-4H3,(H,25,26)/t12-,15+,16-/m0/s1. The first kappa shape index (κ1) is 23.3. The Hall–Kier alpha value is -1.82. The first-order chi connectivity index (χ1) is 15.1. The molecule has 3 heterocycles. The van der Waals surface area contributed by atoms with Gasteiger partial charge in [0.2, 0.25) is 16.0 Å². The molecule has 3 atom stereocenters. The summed E-state index contributed by atoms with van der Waals surface area (Å²) in [6, 6.07) is 0.0796. The third kappa shape index (κ3) is 4.61. The average Bonchev–Trinajstić information content (AvgIpc) is 3.21. The van der Waals surface area contributed by atoms with Crippen LogP contribution in [-0.2, 0) is 19.5 Å². The molecule has 0 spiro atoms. The fraction of sp³-hybridized carbons (Fsp3) is 0.700. The summed E-state index contributed by atoms with van der Waals surface area (Å²) in [6.45, 7) is 7.16. The SMILES string of the molecule is CO[C@H](c1ncc(Cl)cn1)[C@H](C)S(=O)(=O)Nc1nnc([C@H]2CC2(C)C)n1C1CCOCC1. The molecule has 1 saturated carbocycles. The number of rotatable bonds is 8. The van der Waals surface area contributed by atoms with E-state index in [4.69, 9.17) is 21.1 Å². The van der Waals surface area contributed by atoms with Crippen molar-refractivity contribution in [3.8, 4) is 0 Å². The number of hydrogen-bond donors (Lipinski definition) is 1. The quantitative estimate of drug-likeness (QED) is 0.606. The van der Waals surface area contributed by atoms with Gasteiger partial charge >= 0.3 is 0 Å². The van der Waals surface area contributed by atoms with Gasteiger partial charge in [-0.25, -0.2) is 18.4 Å². The van der Waals surface area contributed by atoms with E-state index in [2.05, 4.69) is 38.7 Å². The van der Waals surface area contributed by atoms with Gasteiger partial charge < -0.3 is 9.47 Å². The number of anilines is 1. The van der Waals surface area contributed by atoms with Crippen LogP contribution >= 0.6 is 11.6 Å². The highest BCUT2D eigenvalue weighted by molar-refractivity contribution is 7.93. The van der Waals surface area contributed by atoms with Crippen LogP contribution in [-0.4, -0.2) is 58.7 Å². The number of hydrogen-bond acceptors (Lipinski definition) is 8. The summed E-state index contributed by atoms with van der Waals surface area (Å²) in [5.74, 6) is 1.55. The monoisotopic (exact) mass is 484 g/mol. The number of ether oxygens (including phenoxy) is 2. The largest absolute Gasteiger partial charge is 0.381 e. The van der Waals surface area contributed by atoms with E-state index in [-0.39, 0.29) is 29.1 Å². The molecule has 1 aliphatic heterocycles. The van der Waals surface area contributed by atoms with Gasteiger partial charge in [-0.15, -0.1) is 10.2 Å². The molecule has 32 heavy (non-hydrogen) atoms. The van der Waals surface area contributed by atoms with Crippen molar-refractivity contribution in [2.45, 2.75) is 63.3 Å². The summed E-state index contributed by atoms with van der Waals surface area (Å²) < 4.78 is 42.2. The molecule has 0 radical (unpaired) electrons. The van der Waals surface area contributed by atoms with E-state index in [1.54, 1.807) is 6.92 Å². The molecule has 10 nitrogen and oxygen atoms in total. The first-order valence-corrected chi connectivity index (χ1v) is 12.6. The Kier molecular flexibility index (Phi) is 6.45. The van der Waals surface area contributed by atoms with Crippen LogP contribution in [0.2, 0.25) is 5.02 Å². The lowest BCUT2D eigenvalue weighted by Crippen LogP contribution is -2.34. The van der Waals surface area contributed by atoms with Gasteiger partial charge in [0, 0.05) is 44.7 Å². The van der Waals surface area contributed by atoms with E-state index in [1.807, 2.05) is 4.57 Å². The summed E-state index contributed by atoms with van der Waals surface area (Å²) in [6.07, 6.45) is 4.49. The van der Waals surface area contributed by atoms with E-state index in [0.29, 0.717) is 18.2 Å². The third-order valence-corrected chi connectivity index (χ3v) is 8.29. The smallest absolute Gasteiger partial charge is 0.240 e. The summed E-state index contributed by atoms with van der Waals surface area (Å²) in [4.78, 5) is 8.25. The average molecular weight is 485 g/mol. The number of nitrogens with zero attached hydrogens (tertiary/aromatic N) is 5. The zero-order valence-electron chi connectivity index (χ0n) is 18.7. The lowest BCUT2D eigenvalue weighted by molar-refractivity contribution is 0.0692. The Balaban J connectivity index is 1.62. The third-order valence-electron chi connectivity index (χ3n) is 6.40. The molecule has 1 aliphatic carbocycles. The highest BCUT2D eigenvalue weighted by atomic mass is 35.5. The van der Waals surface area contributed by atoms with Gasteiger partial charge in [-0.2, -0.15) is 0 Å². The molecule has 4 rings (SSSR count). The first-order valence-electron chi connectivity index (χ1n) is 10.7. The predicted octanol–water partition coefficient (Wildman–Crippen LogP) is 3.10. The van der Waals surface area contributed by atoms with Crippen molar-refractivity contribution in [1.29, 1.82) is 0 Å². The molecule has 1 saturated heterocycles. The van der Waals surface area contributed by atoms with Crippen LogP contribution in [0.5, 0.6) is 0 Å². The highest BCUT2D eigenvalue weighted by Crippen LogP contribution is 2.58. The summed E-state index contributed by atoms with van der Waals surface area (Å²) in [5.41, 5.74) is 0.131. The van der Waals surface area contributed by atoms with Crippen LogP contribution in [0.3, 0.4) is 0 Å². The maximum atomic E-state index is 13.3. The summed E-state index contributed by atoms with van der Waals surface area (Å²) >= 11 is 5.86. The molecule has 0 aromatic carbocycles. The number of sulfonamides is 1. The molecule has 2 aliphatic rings. The number of halogens is 1. The van der Waals surface area contributed by atoms with Crippen molar-refractivity contribution >= 4 is 27.6 Å². The van der Waals surface area contributed by atoms with Crippen molar-refractivity contribution < 1.29 is 17.9 Å². The normalized spacial score (nSPS) is 23.0. The second kappa shape index (κ2) is 8.85. The zero-order chi connectivity index (χ0) is 23.1. The second-order valence-electron chi connectivity index (χ2n) is 9.11. The maximum Gasteiger partial charge on any atom is 0.240 e. The topological polar surface area (TPSA) is 121 Å². The van der Waals surface area contributed by atoms with Crippen LogP contribution in [0.15, 0.2) is 12.4 Å². The van der Waals surface area contributed by atoms with Crippen molar-refractivity contribution in [2.24, 2.45) is 5.41 Å². The number of methoxy groups -OCH3 is 1. The van der Waals surface area contributed by atoms with Gasteiger partial charge in [0.05, 0.1) is 5.02 Å². The maximum absolute atomic E-state index is 13.3. The minimum absolute atomic E-state index is 0.0796. The zero-order valence-corrected chi connectivity index (χ0v) is 20.2. The molecule has 0 unspecified atom stereocenters. The van der Waals surface area contributed by atoms with Crippen molar-refractivity contribution in [2.75, 3.05) is 25.0 Å². The second-order valence-corrected chi connectivity index (χ2v) is 11.6. The Morgan fingerprint density at radius 1 is 1.25 bits per heavy atom. The Morgan fingerprint density at radius 3 is 2.44 bits per heavy atom. The molecule has 1 N–H and O–H groups in total. The molecule has 0 amide bonds. The minimum atomic E-state index is -3.91. The van der Waals surface area contributed by atoms with Gasteiger partial charge in [0.15, 0.2) is 5.82 Å². The lowest BCUT2D eigenvalue weighted by atomic mass is 10.1. The van der Waals surface area contributed by atoms with E-state index < -0.39 is 21.4 Å². The van der Waals surface area contributed by atoms with Gasteiger partial charge in [-0.05, 0) is 31.6 Å². The molecule has 176 valence electrons. The van der Waals surface area contributed by atoms with Crippen LogP contribution in [0, 0.1) is 5.41 Å². The molecular weight excluding hydrogens is 456 g/mol. The summed E-state index contributed by atoms with van der Waals surface area (Å²) in [5, 5.41) is 8.01. The van der Waals surface area contributed by atoms with E-state index in [0.717, 1.165) is 25.1 Å². The predicted molar refractivity (Wildman–Crippen MR) is 119 cm³/mol. The summed E-state index contributed by atoms with van der Waals surface area (Å²) in [7, 11) is -2.48. The fourth-order valence-electron chi connectivity index (χ4n) is 4.18. The van der Waals surface area contributed by atoms with Crippen LogP contribution in [0.25, 0.3) is 0 Å². The molecule has 2 aromatic rings. The Morgan fingerprint density at radius 2 is 1.88 bits per heavy atom. The van der Waals surface area contributed by atoms with E-state index in [9.17, 15) is 8.42 Å². The van der Waals surface area contributed by atoms with Gasteiger partial charge in [-0.1, -0.05) is 25.4 Å². The van der Waals surface area contributed by atoms with Crippen molar-refractivity contribution in [3.63, 3.8) is 0 Å². The van der Waals surface area contributed by atoms with Crippen molar-refractivity contribution in [1.82, 2.24) is 24.7 Å². The van der Waals surface area contributed by atoms with Crippen LogP contribution in [0.1, 0.15) is 69.7 Å². The number of nitrogens with one attached hydrogen (secondary N) is 1. The molecule has 0 bridgehead atoms. The molecule has 2 fully saturated rings. The lowest BCUT2D eigenvalue weighted by Gasteiger charge is -2.27. The molecule has 12 heteroatoms. The van der Waals surface area contributed by atoms with Gasteiger partial charge in [-0.3, -0.25) is 9.29 Å². The Bertz CT molecular complexity index is 1050. The highest BCUT2D eigenvalue weighted by Gasteiger charge is 2.50. The number of aromatic nitrogens is 5. The van der Waals surface area contributed by atoms with Crippen LogP contribution < -0.4 is 4.72 Å².